The zero-order valence-electron chi connectivity index (χ0n) is 13.1. The molecule has 0 saturated heterocycles. The predicted molar refractivity (Wildman–Crippen MR) is 88.4 cm³/mol. The van der Waals surface area contributed by atoms with Crippen molar-refractivity contribution in [3.63, 3.8) is 0 Å². The van der Waals surface area contributed by atoms with E-state index in [2.05, 4.69) is 26.2 Å². The first-order valence-electron chi connectivity index (χ1n) is 7.22. The molecule has 1 N–H and O–H groups in total. The zero-order chi connectivity index (χ0) is 19.8. The van der Waals surface area contributed by atoms with Crippen molar-refractivity contribution < 1.29 is 26.7 Å². The molecule has 0 unspecified atom stereocenters. The van der Waals surface area contributed by atoms with Crippen molar-refractivity contribution in [1.82, 2.24) is 15.0 Å². The second kappa shape index (κ2) is 7.06. The maximum atomic E-state index is 13.8. The van der Waals surface area contributed by atoms with E-state index in [4.69, 9.17) is 0 Å². The molecule has 0 fully saturated rings. The summed E-state index contributed by atoms with van der Waals surface area (Å²) in [5.74, 6) is -2.96. The van der Waals surface area contributed by atoms with Crippen LogP contribution >= 0.6 is 15.9 Å². The van der Waals surface area contributed by atoms with Crippen molar-refractivity contribution in [2.75, 3.05) is 5.32 Å². The van der Waals surface area contributed by atoms with Crippen LogP contribution in [0.2, 0.25) is 0 Å². The minimum Gasteiger partial charge on any atom is -0.318 e. The number of hydrogen-bond acceptors (Lipinski definition) is 3. The van der Waals surface area contributed by atoms with Crippen LogP contribution in [0, 0.1) is 11.6 Å². The first-order valence-corrected chi connectivity index (χ1v) is 8.01. The van der Waals surface area contributed by atoms with Gasteiger partial charge >= 0.3 is 6.18 Å². The number of carbonyl (C=O) groups is 1. The summed E-state index contributed by atoms with van der Waals surface area (Å²) in [5.41, 5.74) is -3.20. The number of aromatic nitrogens is 3. The molecule has 1 aromatic heterocycles. The minimum atomic E-state index is -5.03. The van der Waals surface area contributed by atoms with E-state index in [0.29, 0.717) is 9.15 Å². The summed E-state index contributed by atoms with van der Waals surface area (Å²) in [4.78, 5) is 12.3. The maximum Gasteiger partial charge on any atom is 0.435 e. The van der Waals surface area contributed by atoms with E-state index in [1.165, 1.54) is 24.3 Å². The highest BCUT2D eigenvalue weighted by Gasteiger charge is 2.42. The molecule has 3 rings (SSSR count). The van der Waals surface area contributed by atoms with E-state index in [9.17, 15) is 26.7 Å². The SMILES string of the molecule is O=C(Nc1ccc(Br)cc1F)c1nnn(-c2cccc(F)c2)c1C(F)(F)F. The van der Waals surface area contributed by atoms with E-state index in [1.807, 2.05) is 5.32 Å². The fraction of sp³-hybridized carbons (Fsp3) is 0.0625. The molecular weight excluding hydrogens is 439 g/mol. The molecule has 3 aromatic rings. The molecule has 140 valence electrons. The molecule has 0 saturated carbocycles. The fourth-order valence-electron chi connectivity index (χ4n) is 2.25. The van der Waals surface area contributed by atoms with Gasteiger partial charge in [-0.15, -0.1) is 5.10 Å². The third kappa shape index (κ3) is 3.97. The summed E-state index contributed by atoms with van der Waals surface area (Å²) in [7, 11) is 0. The van der Waals surface area contributed by atoms with Crippen molar-refractivity contribution >= 4 is 27.5 Å². The molecule has 0 aliphatic carbocycles. The summed E-state index contributed by atoms with van der Waals surface area (Å²) in [6, 6.07) is 7.79. The second-order valence-corrected chi connectivity index (χ2v) is 6.17. The van der Waals surface area contributed by atoms with Crippen molar-refractivity contribution in [3.05, 3.63) is 70.0 Å². The Morgan fingerprint density at radius 2 is 1.85 bits per heavy atom. The van der Waals surface area contributed by atoms with Crippen LogP contribution in [0.4, 0.5) is 27.6 Å². The van der Waals surface area contributed by atoms with Gasteiger partial charge in [0.05, 0.1) is 11.4 Å². The van der Waals surface area contributed by atoms with E-state index in [1.54, 1.807) is 0 Å². The van der Waals surface area contributed by atoms with Crippen LogP contribution in [-0.2, 0) is 6.18 Å². The number of benzene rings is 2. The van der Waals surface area contributed by atoms with Gasteiger partial charge in [0.1, 0.15) is 11.6 Å². The molecule has 2 aromatic carbocycles. The lowest BCUT2D eigenvalue weighted by Gasteiger charge is -2.11. The first-order chi connectivity index (χ1) is 12.7. The number of carbonyl (C=O) groups excluding carboxylic acids is 1. The first kappa shape index (κ1) is 19.0. The fourth-order valence-corrected chi connectivity index (χ4v) is 2.58. The number of nitrogens with one attached hydrogen (secondary N) is 1. The highest BCUT2D eigenvalue weighted by atomic mass is 79.9. The van der Waals surface area contributed by atoms with Gasteiger partial charge in [-0.3, -0.25) is 4.79 Å². The number of alkyl halides is 3. The average molecular weight is 447 g/mol. The van der Waals surface area contributed by atoms with E-state index < -0.39 is 35.1 Å². The van der Waals surface area contributed by atoms with Gasteiger partial charge in [-0.25, -0.2) is 13.5 Å². The molecule has 0 aliphatic heterocycles. The molecule has 5 nitrogen and oxygen atoms in total. The van der Waals surface area contributed by atoms with Crippen LogP contribution < -0.4 is 5.32 Å². The Balaban J connectivity index is 2.04. The van der Waals surface area contributed by atoms with Gasteiger partial charge in [-0.05, 0) is 36.4 Å². The molecule has 0 bridgehead atoms. The summed E-state index contributed by atoms with van der Waals surface area (Å²) in [5, 5.41) is 8.59. The molecule has 1 heterocycles. The monoisotopic (exact) mass is 446 g/mol. The number of halogens is 6. The normalized spacial score (nSPS) is 11.5. The topological polar surface area (TPSA) is 59.8 Å². The van der Waals surface area contributed by atoms with Crippen molar-refractivity contribution in [3.8, 4) is 5.69 Å². The lowest BCUT2D eigenvalue weighted by molar-refractivity contribution is -0.143. The van der Waals surface area contributed by atoms with Crippen LogP contribution in [0.1, 0.15) is 16.2 Å². The van der Waals surface area contributed by atoms with Gasteiger partial charge in [0, 0.05) is 4.47 Å². The standard InChI is InChI=1S/C16H8BrF5N4O/c17-8-4-5-12(11(19)6-8)23-15(27)13-14(16(20,21)22)26(25-24-13)10-3-1-2-9(18)7-10/h1-7H,(H,23,27). The second-order valence-electron chi connectivity index (χ2n) is 5.25. The van der Waals surface area contributed by atoms with Gasteiger partial charge in [0.2, 0.25) is 0 Å². The lowest BCUT2D eigenvalue weighted by Crippen LogP contribution is -2.21. The van der Waals surface area contributed by atoms with Gasteiger partial charge in [0.15, 0.2) is 11.4 Å². The zero-order valence-corrected chi connectivity index (χ0v) is 14.6. The van der Waals surface area contributed by atoms with E-state index in [0.717, 1.165) is 18.2 Å². The molecule has 1 amide bonds. The number of nitrogens with zero attached hydrogens (tertiary/aromatic N) is 3. The maximum absolute atomic E-state index is 13.8. The summed E-state index contributed by atoms with van der Waals surface area (Å²) < 4.78 is 68.4. The molecule has 27 heavy (non-hydrogen) atoms. The Morgan fingerprint density at radius 1 is 1.11 bits per heavy atom. The smallest absolute Gasteiger partial charge is 0.318 e. The highest BCUT2D eigenvalue weighted by molar-refractivity contribution is 9.10. The van der Waals surface area contributed by atoms with Crippen LogP contribution in [0.5, 0.6) is 0 Å². The molecule has 0 spiro atoms. The van der Waals surface area contributed by atoms with Crippen molar-refractivity contribution in [2.45, 2.75) is 6.18 Å². The van der Waals surface area contributed by atoms with Crippen LogP contribution in [0.3, 0.4) is 0 Å². The Kier molecular flexibility index (Phi) is 4.96. The molecule has 0 radical (unpaired) electrons. The van der Waals surface area contributed by atoms with E-state index in [-0.39, 0.29) is 11.4 Å². The third-order valence-electron chi connectivity index (χ3n) is 3.39. The Labute approximate surface area is 156 Å². The molecule has 0 aliphatic rings. The van der Waals surface area contributed by atoms with Crippen LogP contribution in [-0.4, -0.2) is 20.9 Å². The van der Waals surface area contributed by atoms with Gasteiger partial charge in [-0.1, -0.05) is 27.2 Å². The average Bonchev–Trinajstić information content (AvgIpc) is 3.03. The molecular formula is C16H8BrF5N4O. The highest BCUT2D eigenvalue weighted by Crippen LogP contribution is 2.33. The van der Waals surface area contributed by atoms with Crippen molar-refractivity contribution in [1.29, 1.82) is 0 Å². The summed E-state index contributed by atoms with van der Waals surface area (Å²) in [6.45, 7) is 0. The number of rotatable bonds is 3. The Bertz CT molecular complexity index is 1020. The van der Waals surface area contributed by atoms with Crippen LogP contribution in [0.25, 0.3) is 5.69 Å². The molecule has 11 heteroatoms. The summed E-state index contributed by atoms with van der Waals surface area (Å²) >= 11 is 3.02. The number of hydrogen-bond donors (Lipinski definition) is 1. The lowest BCUT2D eigenvalue weighted by atomic mass is 10.2. The quantitative estimate of drug-likeness (QED) is 0.599. The Morgan fingerprint density at radius 3 is 2.48 bits per heavy atom. The van der Waals surface area contributed by atoms with Crippen molar-refractivity contribution in [2.24, 2.45) is 0 Å². The predicted octanol–water partition coefficient (Wildman–Crippen LogP) is 4.58. The van der Waals surface area contributed by atoms with Gasteiger partial charge in [0.25, 0.3) is 5.91 Å². The summed E-state index contributed by atoms with van der Waals surface area (Å²) in [6.07, 6.45) is -5.03. The van der Waals surface area contributed by atoms with Gasteiger partial charge < -0.3 is 5.32 Å². The number of amides is 1. The Hall–Kier alpha value is -2.82. The van der Waals surface area contributed by atoms with Crippen LogP contribution in [0.15, 0.2) is 46.9 Å². The largest absolute Gasteiger partial charge is 0.435 e. The van der Waals surface area contributed by atoms with E-state index >= 15 is 0 Å². The number of anilines is 1. The minimum absolute atomic E-state index is 0.274. The third-order valence-corrected chi connectivity index (χ3v) is 3.88. The molecule has 0 atom stereocenters. The van der Waals surface area contributed by atoms with Gasteiger partial charge in [-0.2, -0.15) is 13.2 Å².